The van der Waals surface area contributed by atoms with E-state index >= 15 is 0 Å². The van der Waals surface area contributed by atoms with Crippen LogP contribution in [-0.4, -0.2) is 26.4 Å². The number of thioether (sulfide) groups is 1. The standard InChI is InChI=1S/C10H16FNOS2/c1-7(9-8(11)5-6-14-9)12-15(13)10(2,3)4/h5-6,8-9H,1-4H3/b12-7+/t8?,9?,15-/m1/s1. The Hall–Kier alpha value is -0.0000000000000000555. The highest BCUT2D eigenvalue weighted by Gasteiger charge is 2.31. The van der Waals surface area contributed by atoms with Crippen molar-refractivity contribution in [3.8, 4) is 0 Å². The molecule has 0 fully saturated rings. The summed E-state index contributed by atoms with van der Waals surface area (Å²) < 4.78 is 28.7. The summed E-state index contributed by atoms with van der Waals surface area (Å²) in [4.78, 5) is 0. The largest absolute Gasteiger partial charge is 0.591 e. The van der Waals surface area contributed by atoms with Crippen LogP contribution >= 0.6 is 11.8 Å². The van der Waals surface area contributed by atoms with Crippen molar-refractivity contribution < 1.29 is 8.94 Å². The molecule has 0 saturated heterocycles. The van der Waals surface area contributed by atoms with E-state index in [1.807, 2.05) is 20.8 Å². The number of nitrogens with zero attached hydrogens (tertiary/aromatic N) is 1. The second kappa shape index (κ2) is 4.89. The maximum absolute atomic E-state index is 13.3. The van der Waals surface area contributed by atoms with Crippen LogP contribution in [0.1, 0.15) is 27.7 Å². The van der Waals surface area contributed by atoms with Gasteiger partial charge in [-0.05, 0) is 39.2 Å². The van der Waals surface area contributed by atoms with Gasteiger partial charge in [0, 0.05) is 0 Å². The Balaban J connectivity index is 2.68. The topological polar surface area (TPSA) is 35.4 Å². The van der Waals surface area contributed by atoms with Crippen molar-refractivity contribution in [2.24, 2.45) is 4.40 Å². The van der Waals surface area contributed by atoms with E-state index in [-0.39, 0.29) is 10.00 Å². The van der Waals surface area contributed by atoms with E-state index in [0.717, 1.165) is 0 Å². The van der Waals surface area contributed by atoms with Gasteiger partial charge < -0.3 is 4.55 Å². The highest BCUT2D eigenvalue weighted by Crippen LogP contribution is 2.29. The first-order chi connectivity index (χ1) is 6.82. The molecule has 1 aliphatic heterocycles. The van der Waals surface area contributed by atoms with Gasteiger partial charge in [0.05, 0.1) is 11.0 Å². The summed E-state index contributed by atoms with van der Waals surface area (Å²) in [7, 11) is 0. The van der Waals surface area contributed by atoms with Crippen molar-refractivity contribution in [1.29, 1.82) is 0 Å². The van der Waals surface area contributed by atoms with E-state index in [0.29, 0.717) is 5.71 Å². The number of rotatable bonds is 2. The third-order valence-electron chi connectivity index (χ3n) is 1.94. The summed E-state index contributed by atoms with van der Waals surface area (Å²) in [6.45, 7) is 7.30. The van der Waals surface area contributed by atoms with Gasteiger partial charge in [0.1, 0.15) is 22.3 Å². The molecule has 15 heavy (non-hydrogen) atoms. The van der Waals surface area contributed by atoms with Crippen molar-refractivity contribution in [3.63, 3.8) is 0 Å². The highest BCUT2D eigenvalue weighted by atomic mass is 32.2. The molecule has 5 heteroatoms. The maximum atomic E-state index is 13.3. The lowest BCUT2D eigenvalue weighted by Crippen LogP contribution is -2.29. The van der Waals surface area contributed by atoms with Crippen molar-refractivity contribution in [2.45, 2.75) is 43.9 Å². The monoisotopic (exact) mass is 249 g/mol. The molecule has 0 bridgehead atoms. The summed E-state index contributed by atoms with van der Waals surface area (Å²) >= 11 is 0.0922. The second-order valence-corrected chi connectivity index (χ2v) is 7.38. The van der Waals surface area contributed by atoms with Crippen molar-refractivity contribution in [1.82, 2.24) is 0 Å². The normalized spacial score (nSPS) is 29.6. The van der Waals surface area contributed by atoms with Crippen LogP contribution in [-0.2, 0) is 11.4 Å². The van der Waals surface area contributed by atoms with Crippen molar-refractivity contribution >= 4 is 28.8 Å². The average molecular weight is 249 g/mol. The summed E-state index contributed by atoms with van der Waals surface area (Å²) in [5.74, 6) is 0. The molecule has 0 aromatic rings. The fourth-order valence-corrected chi connectivity index (χ4v) is 2.65. The fraction of sp³-hybridized carbons (Fsp3) is 0.700. The minimum atomic E-state index is -1.30. The van der Waals surface area contributed by atoms with Gasteiger partial charge >= 0.3 is 0 Å². The maximum Gasteiger partial charge on any atom is 0.144 e. The Bertz CT molecular complexity index is 286. The van der Waals surface area contributed by atoms with E-state index < -0.39 is 17.5 Å². The molecule has 0 spiro atoms. The molecule has 1 heterocycles. The number of alkyl halides is 1. The van der Waals surface area contributed by atoms with Crippen molar-refractivity contribution in [2.75, 3.05) is 0 Å². The van der Waals surface area contributed by atoms with E-state index in [1.165, 1.54) is 17.8 Å². The second-order valence-electron chi connectivity index (χ2n) is 4.42. The predicted octanol–water partition coefficient (Wildman–Crippen LogP) is 2.88. The van der Waals surface area contributed by atoms with Crippen LogP contribution in [0.2, 0.25) is 0 Å². The molecule has 0 aromatic carbocycles. The molecular formula is C10H16FNOS2. The zero-order chi connectivity index (χ0) is 11.6. The summed E-state index contributed by atoms with van der Waals surface area (Å²) in [5, 5.41) is 1.44. The van der Waals surface area contributed by atoms with Gasteiger partial charge in [-0.15, -0.1) is 11.8 Å². The first kappa shape index (κ1) is 13.1. The molecule has 0 amide bonds. The van der Waals surface area contributed by atoms with Gasteiger partial charge in [0.15, 0.2) is 0 Å². The van der Waals surface area contributed by atoms with Crippen LogP contribution in [0.5, 0.6) is 0 Å². The average Bonchev–Trinajstić information content (AvgIpc) is 2.49. The molecule has 2 unspecified atom stereocenters. The third kappa shape index (κ3) is 3.50. The molecule has 0 radical (unpaired) electrons. The van der Waals surface area contributed by atoms with E-state index in [4.69, 9.17) is 0 Å². The predicted molar refractivity (Wildman–Crippen MR) is 66.4 cm³/mol. The van der Waals surface area contributed by atoms with E-state index in [9.17, 15) is 8.94 Å². The number of allylic oxidation sites excluding steroid dienone is 1. The molecule has 1 aliphatic rings. The molecule has 0 aliphatic carbocycles. The fourth-order valence-electron chi connectivity index (χ4n) is 1.03. The van der Waals surface area contributed by atoms with Crippen LogP contribution in [0.25, 0.3) is 0 Å². The smallest absolute Gasteiger partial charge is 0.144 e. The SMILES string of the molecule is C/C(=N\[S@+]([O-])C(C)(C)C)C1SC=CC1F. The third-order valence-corrected chi connectivity index (χ3v) is 4.65. The van der Waals surface area contributed by atoms with Gasteiger partial charge in [0.25, 0.3) is 0 Å². The highest BCUT2D eigenvalue weighted by molar-refractivity contribution is 8.03. The molecule has 3 atom stereocenters. The number of halogens is 1. The zero-order valence-electron chi connectivity index (χ0n) is 9.36. The van der Waals surface area contributed by atoms with Gasteiger partial charge in [-0.1, -0.05) is 4.40 Å². The molecule has 0 N–H and O–H groups in total. The van der Waals surface area contributed by atoms with Gasteiger partial charge in [-0.25, -0.2) is 4.39 Å². The van der Waals surface area contributed by atoms with Gasteiger partial charge in [0.2, 0.25) is 0 Å². The first-order valence-corrected chi connectivity index (χ1v) is 6.80. The molecule has 1 rings (SSSR count). The summed E-state index contributed by atoms with van der Waals surface area (Å²) in [6, 6.07) is 0. The summed E-state index contributed by atoms with van der Waals surface area (Å²) in [5.41, 5.74) is 0.616. The Morgan fingerprint density at radius 2 is 2.13 bits per heavy atom. The molecule has 86 valence electrons. The lowest BCUT2D eigenvalue weighted by molar-refractivity contribution is 0.421. The summed E-state index contributed by atoms with van der Waals surface area (Å²) in [6.07, 6.45) is 0.504. The quantitative estimate of drug-likeness (QED) is 0.557. The Morgan fingerprint density at radius 3 is 2.53 bits per heavy atom. The molecule has 0 saturated carbocycles. The van der Waals surface area contributed by atoms with Crippen LogP contribution in [0.3, 0.4) is 0 Å². The zero-order valence-corrected chi connectivity index (χ0v) is 11.0. The Labute approximate surface area is 97.7 Å². The van der Waals surface area contributed by atoms with Crippen molar-refractivity contribution in [3.05, 3.63) is 11.5 Å². The lowest BCUT2D eigenvalue weighted by atomic mass is 10.2. The van der Waals surface area contributed by atoms with Crippen LogP contribution in [0.4, 0.5) is 4.39 Å². The minimum Gasteiger partial charge on any atom is -0.591 e. The van der Waals surface area contributed by atoms with E-state index in [1.54, 1.807) is 12.3 Å². The van der Waals surface area contributed by atoms with Gasteiger partial charge in [-0.2, -0.15) is 0 Å². The van der Waals surface area contributed by atoms with Gasteiger partial charge in [-0.3, -0.25) is 0 Å². The van der Waals surface area contributed by atoms with Crippen LogP contribution in [0, 0.1) is 0 Å². The van der Waals surface area contributed by atoms with Crippen LogP contribution < -0.4 is 0 Å². The first-order valence-electron chi connectivity index (χ1n) is 4.76. The Morgan fingerprint density at radius 1 is 1.53 bits per heavy atom. The molecule has 0 aromatic heterocycles. The number of hydrogen-bond acceptors (Lipinski definition) is 3. The van der Waals surface area contributed by atoms with E-state index in [2.05, 4.69) is 4.40 Å². The lowest BCUT2D eigenvalue weighted by Gasteiger charge is -2.20. The van der Waals surface area contributed by atoms with Crippen LogP contribution in [0.15, 0.2) is 15.9 Å². The Kier molecular flexibility index (Phi) is 4.26. The number of hydrogen-bond donors (Lipinski definition) is 0. The molecular weight excluding hydrogens is 233 g/mol. The molecule has 2 nitrogen and oxygen atoms in total. The minimum absolute atomic E-state index is 0.295.